The van der Waals surface area contributed by atoms with E-state index in [1.54, 1.807) is 12.0 Å². The molecule has 2 amide bonds. The number of ether oxygens (including phenoxy) is 1. The van der Waals surface area contributed by atoms with Gasteiger partial charge in [0.1, 0.15) is 11.4 Å². The molecule has 5 N–H and O–H groups in total. The van der Waals surface area contributed by atoms with Gasteiger partial charge >= 0.3 is 6.03 Å². The molecule has 1 saturated heterocycles. The van der Waals surface area contributed by atoms with Crippen molar-refractivity contribution in [3.8, 4) is 17.0 Å². The van der Waals surface area contributed by atoms with Gasteiger partial charge in [0.15, 0.2) is 11.7 Å². The minimum atomic E-state index is -0.340. The molecule has 9 heteroatoms. The highest BCUT2D eigenvalue weighted by molar-refractivity contribution is 6.07. The number of carbonyl (C=O) groups excluding carboxylic acids is 1. The number of anilines is 1. The van der Waals surface area contributed by atoms with Gasteiger partial charge < -0.3 is 20.7 Å². The van der Waals surface area contributed by atoms with Crippen molar-refractivity contribution in [1.29, 1.82) is 5.41 Å². The van der Waals surface area contributed by atoms with E-state index >= 15 is 0 Å². The summed E-state index contributed by atoms with van der Waals surface area (Å²) in [6.45, 7) is 2.64. The number of hydrogen-bond donors (Lipinski definition) is 4. The number of hydrogen-bond acceptors (Lipinski definition) is 7. The smallest absolute Gasteiger partial charge is 0.323 e. The number of nitrogens with zero attached hydrogens (tertiary/aromatic N) is 3. The van der Waals surface area contributed by atoms with Crippen LogP contribution in [-0.2, 0) is 0 Å². The van der Waals surface area contributed by atoms with Crippen LogP contribution in [0.25, 0.3) is 11.3 Å². The van der Waals surface area contributed by atoms with Gasteiger partial charge in [-0.1, -0.05) is 0 Å². The predicted octanol–water partition coefficient (Wildman–Crippen LogP) is 0.675. The molecule has 3 rings (SSSR count). The van der Waals surface area contributed by atoms with Gasteiger partial charge in [-0.15, -0.1) is 0 Å². The van der Waals surface area contributed by atoms with Crippen LogP contribution in [-0.4, -0.2) is 60.0 Å². The minimum absolute atomic E-state index is 0.0906. The lowest BCUT2D eigenvalue weighted by Crippen LogP contribution is -2.51. The van der Waals surface area contributed by atoms with E-state index in [9.17, 15) is 4.79 Å². The van der Waals surface area contributed by atoms with E-state index < -0.39 is 0 Å². The zero-order chi connectivity index (χ0) is 18.5. The van der Waals surface area contributed by atoms with Gasteiger partial charge in [-0.2, -0.15) is 0 Å². The number of piperazine rings is 1. The molecular weight excluding hydrogens is 334 g/mol. The molecule has 1 aliphatic rings. The third-order valence-corrected chi connectivity index (χ3v) is 4.06. The van der Waals surface area contributed by atoms with E-state index in [1.165, 1.54) is 6.20 Å². The highest BCUT2D eigenvalue weighted by Crippen LogP contribution is 2.21. The summed E-state index contributed by atoms with van der Waals surface area (Å²) in [5, 5.41) is 13.9. The molecule has 0 saturated carbocycles. The third-order valence-electron chi connectivity index (χ3n) is 4.06. The van der Waals surface area contributed by atoms with E-state index in [0.29, 0.717) is 18.8 Å². The largest absolute Gasteiger partial charge is 0.497 e. The molecule has 0 bridgehead atoms. The number of nitrogen functional groups attached to an aromatic ring is 1. The number of benzene rings is 1. The highest BCUT2D eigenvalue weighted by Gasteiger charge is 2.20. The second-order valence-electron chi connectivity index (χ2n) is 5.76. The average molecular weight is 355 g/mol. The summed E-state index contributed by atoms with van der Waals surface area (Å²) in [5.41, 5.74) is 7.36. The van der Waals surface area contributed by atoms with Crippen LogP contribution < -0.4 is 21.1 Å². The summed E-state index contributed by atoms with van der Waals surface area (Å²) in [6.07, 6.45) is 1.53. The Kier molecular flexibility index (Phi) is 5.28. The van der Waals surface area contributed by atoms with Crippen molar-refractivity contribution in [2.45, 2.75) is 0 Å². The van der Waals surface area contributed by atoms with Crippen LogP contribution in [0.4, 0.5) is 10.6 Å². The van der Waals surface area contributed by atoms with Gasteiger partial charge in [-0.25, -0.2) is 14.8 Å². The Morgan fingerprint density at radius 1 is 1.31 bits per heavy atom. The Balaban J connectivity index is 1.77. The zero-order valence-corrected chi connectivity index (χ0v) is 14.5. The molecule has 2 aromatic rings. The minimum Gasteiger partial charge on any atom is -0.497 e. The van der Waals surface area contributed by atoms with Gasteiger partial charge in [-0.3, -0.25) is 10.7 Å². The molecular formula is C17H21N7O2. The van der Waals surface area contributed by atoms with Crippen LogP contribution >= 0.6 is 0 Å². The summed E-state index contributed by atoms with van der Waals surface area (Å²) in [7, 11) is 1.60. The van der Waals surface area contributed by atoms with Crippen molar-refractivity contribution in [2.24, 2.45) is 0 Å². The lowest BCUT2D eigenvalue weighted by Gasteiger charge is -2.27. The first-order valence-corrected chi connectivity index (χ1v) is 8.21. The summed E-state index contributed by atoms with van der Waals surface area (Å²) < 4.78 is 5.14. The van der Waals surface area contributed by atoms with Crippen molar-refractivity contribution in [1.82, 2.24) is 25.5 Å². The van der Waals surface area contributed by atoms with E-state index in [0.717, 1.165) is 24.4 Å². The maximum Gasteiger partial charge on any atom is 0.323 e. The van der Waals surface area contributed by atoms with Crippen LogP contribution in [0.2, 0.25) is 0 Å². The lowest BCUT2D eigenvalue weighted by molar-refractivity contribution is 0.195. The first-order valence-electron chi connectivity index (χ1n) is 8.21. The maximum atomic E-state index is 12.3. The standard InChI is InChI=1S/C17H21N7O2/c1-26-12-4-2-11(3-5-12)13-10-21-15(18)14(22-13)16(19)23-17(25)24-8-6-20-7-9-24/h2-5,10,20H,6-9H2,1H3,(H2,18,21)(H2,19,23,25). The second-order valence-corrected chi connectivity index (χ2v) is 5.76. The monoisotopic (exact) mass is 355 g/mol. The lowest BCUT2D eigenvalue weighted by atomic mass is 10.1. The molecule has 9 nitrogen and oxygen atoms in total. The number of amides is 2. The Bertz CT molecular complexity index is 801. The molecule has 1 fully saturated rings. The summed E-state index contributed by atoms with van der Waals surface area (Å²) in [5.74, 6) is 0.648. The topological polar surface area (TPSA) is 129 Å². The molecule has 0 radical (unpaired) electrons. The summed E-state index contributed by atoms with van der Waals surface area (Å²) in [6, 6.07) is 6.96. The molecule has 26 heavy (non-hydrogen) atoms. The fraction of sp³-hybridized carbons (Fsp3) is 0.294. The number of urea groups is 1. The van der Waals surface area contributed by atoms with Crippen molar-refractivity contribution < 1.29 is 9.53 Å². The van der Waals surface area contributed by atoms with Crippen LogP contribution in [0.1, 0.15) is 5.69 Å². The van der Waals surface area contributed by atoms with Gasteiger partial charge in [-0.05, 0) is 24.3 Å². The zero-order valence-electron chi connectivity index (χ0n) is 14.5. The highest BCUT2D eigenvalue weighted by atomic mass is 16.5. The average Bonchev–Trinajstić information content (AvgIpc) is 2.69. The van der Waals surface area contributed by atoms with E-state index in [4.69, 9.17) is 15.9 Å². The first-order chi connectivity index (χ1) is 12.6. The first kappa shape index (κ1) is 17.6. The molecule has 1 aliphatic heterocycles. The molecule has 0 unspecified atom stereocenters. The Hall–Kier alpha value is -3.20. The number of nitrogens with two attached hydrogens (primary N) is 1. The Morgan fingerprint density at radius 3 is 2.65 bits per heavy atom. The van der Waals surface area contributed by atoms with Crippen LogP contribution in [0, 0.1) is 5.41 Å². The molecule has 1 aromatic heterocycles. The predicted molar refractivity (Wildman–Crippen MR) is 98.2 cm³/mol. The fourth-order valence-corrected chi connectivity index (χ4v) is 2.60. The van der Waals surface area contributed by atoms with Gasteiger partial charge in [0.25, 0.3) is 0 Å². The normalized spacial score (nSPS) is 14.0. The van der Waals surface area contributed by atoms with E-state index in [-0.39, 0.29) is 23.4 Å². The molecule has 1 aromatic carbocycles. The summed E-state index contributed by atoms with van der Waals surface area (Å²) >= 11 is 0. The molecule has 0 spiro atoms. The van der Waals surface area contributed by atoms with Crippen molar-refractivity contribution >= 4 is 17.7 Å². The van der Waals surface area contributed by atoms with Gasteiger partial charge in [0.2, 0.25) is 0 Å². The number of aromatic nitrogens is 2. The van der Waals surface area contributed by atoms with Crippen LogP contribution in [0.3, 0.4) is 0 Å². The quantitative estimate of drug-likeness (QED) is 0.473. The molecule has 2 heterocycles. The molecule has 0 aliphatic carbocycles. The Morgan fingerprint density at radius 2 is 2.00 bits per heavy atom. The van der Waals surface area contributed by atoms with E-state index in [2.05, 4.69) is 20.6 Å². The number of rotatable bonds is 3. The SMILES string of the molecule is COc1ccc(-c2cnc(N)c(C(=N)NC(=O)N3CCNCC3)n2)cc1. The van der Waals surface area contributed by atoms with Crippen molar-refractivity contribution in [2.75, 3.05) is 39.0 Å². The summed E-state index contributed by atoms with van der Waals surface area (Å²) in [4.78, 5) is 22.4. The number of methoxy groups -OCH3 is 1. The molecule has 0 atom stereocenters. The molecule has 136 valence electrons. The van der Waals surface area contributed by atoms with Crippen molar-refractivity contribution in [3.63, 3.8) is 0 Å². The number of nitrogens with one attached hydrogen (secondary N) is 3. The van der Waals surface area contributed by atoms with Crippen LogP contribution in [0.15, 0.2) is 30.5 Å². The van der Waals surface area contributed by atoms with Gasteiger partial charge in [0.05, 0.1) is 19.0 Å². The Labute approximate surface area is 151 Å². The fourth-order valence-electron chi connectivity index (χ4n) is 2.60. The maximum absolute atomic E-state index is 12.3. The van der Waals surface area contributed by atoms with Crippen molar-refractivity contribution in [3.05, 3.63) is 36.2 Å². The van der Waals surface area contributed by atoms with Crippen LogP contribution in [0.5, 0.6) is 5.75 Å². The number of carbonyl (C=O) groups is 1. The number of amidine groups is 1. The van der Waals surface area contributed by atoms with Gasteiger partial charge in [0, 0.05) is 31.7 Å². The van der Waals surface area contributed by atoms with E-state index in [1.807, 2.05) is 24.3 Å². The second kappa shape index (κ2) is 7.79. The third kappa shape index (κ3) is 3.89.